The number of nitrogens with two attached hydrogens (primary N) is 1. The quantitative estimate of drug-likeness (QED) is 0.716. The predicted molar refractivity (Wildman–Crippen MR) is 59.7 cm³/mol. The van der Waals surface area contributed by atoms with Gasteiger partial charge in [-0.1, -0.05) is 0 Å². The van der Waals surface area contributed by atoms with Crippen molar-refractivity contribution in [2.75, 3.05) is 17.2 Å². The first-order chi connectivity index (χ1) is 7.46. The highest BCUT2D eigenvalue weighted by molar-refractivity contribution is 7.91. The van der Waals surface area contributed by atoms with Crippen LogP contribution in [0.15, 0.2) is 10.9 Å². The summed E-state index contributed by atoms with van der Waals surface area (Å²) in [6.07, 6.45) is 1.20. The van der Waals surface area contributed by atoms with Gasteiger partial charge in [0.2, 0.25) is 0 Å². The summed E-state index contributed by atoms with van der Waals surface area (Å²) in [5, 5.41) is 6.12. The second kappa shape index (κ2) is 3.89. The van der Waals surface area contributed by atoms with Gasteiger partial charge in [-0.15, -0.1) is 0 Å². The van der Waals surface area contributed by atoms with Gasteiger partial charge in [0, 0.05) is 0 Å². The number of rotatable bonds is 2. The van der Waals surface area contributed by atoms with E-state index in [1.807, 2.05) is 0 Å². The maximum Gasteiger partial charge on any atom is 0.287 e. The van der Waals surface area contributed by atoms with Gasteiger partial charge in [0.15, 0.2) is 9.84 Å². The predicted octanol–water partition coefficient (Wildman–Crippen LogP) is -0.671. The summed E-state index contributed by atoms with van der Waals surface area (Å²) < 4.78 is 22.5. The van der Waals surface area contributed by atoms with Gasteiger partial charge in [0.1, 0.15) is 5.69 Å². The third-order valence-electron chi connectivity index (χ3n) is 2.71. The molecule has 0 radical (unpaired) electrons. The SMILES string of the molecule is Nc1cc(CC2CCS(=O)(=O)C2)n[nH]c1=O. The summed E-state index contributed by atoms with van der Waals surface area (Å²) in [7, 11) is -2.86. The maximum absolute atomic E-state index is 11.2. The van der Waals surface area contributed by atoms with Crippen molar-refractivity contribution in [2.45, 2.75) is 12.8 Å². The Morgan fingerprint density at radius 3 is 2.88 bits per heavy atom. The van der Waals surface area contributed by atoms with E-state index in [1.54, 1.807) is 0 Å². The Kier molecular flexibility index (Phi) is 2.71. The number of anilines is 1. The second-order valence-electron chi connectivity index (χ2n) is 4.12. The summed E-state index contributed by atoms with van der Waals surface area (Å²) in [4.78, 5) is 11.0. The van der Waals surface area contributed by atoms with Crippen molar-refractivity contribution in [1.29, 1.82) is 0 Å². The molecule has 1 atom stereocenters. The van der Waals surface area contributed by atoms with Gasteiger partial charge in [-0.25, -0.2) is 13.5 Å². The molecule has 1 saturated heterocycles. The largest absolute Gasteiger partial charge is 0.394 e. The molecule has 88 valence electrons. The van der Waals surface area contributed by atoms with E-state index in [9.17, 15) is 13.2 Å². The Balaban J connectivity index is 2.11. The number of hydrogen-bond donors (Lipinski definition) is 2. The lowest BCUT2D eigenvalue weighted by Crippen LogP contribution is -2.16. The number of nitrogens with one attached hydrogen (secondary N) is 1. The molecule has 0 amide bonds. The summed E-state index contributed by atoms with van der Waals surface area (Å²) in [5.74, 6) is 0.535. The molecule has 1 aliphatic rings. The van der Waals surface area contributed by atoms with Crippen molar-refractivity contribution >= 4 is 15.5 Å². The van der Waals surface area contributed by atoms with Crippen LogP contribution in [0.1, 0.15) is 12.1 Å². The fraction of sp³-hybridized carbons (Fsp3) is 0.556. The number of sulfone groups is 1. The van der Waals surface area contributed by atoms with E-state index < -0.39 is 15.4 Å². The third kappa shape index (κ3) is 2.41. The molecule has 1 unspecified atom stereocenters. The van der Waals surface area contributed by atoms with Gasteiger partial charge in [-0.2, -0.15) is 5.10 Å². The first-order valence-corrected chi connectivity index (χ1v) is 6.83. The van der Waals surface area contributed by atoms with Crippen LogP contribution in [0, 0.1) is 5.92 Å². The molecule has 16 heavy (non-hydrogen) atoms. The molecule has 1 fully saturated rings. The van der Waals surface area contributed by atoms with Crippen molar-refractivity contribution in [2.24, 2.45) is 5.92 Å². The average Bonchev–Trinajstić information content (AvgIpc) is 2.52. The molecule has 1 aromatic rings. The average molecular weight is 243 g/mol. The molecule has 1 aromatic heterocycles. The van der Waals surface area contributed by atoms with Crippen LogP contribution in [0.2, 0.25) is 0 Å². The summed E-state index contributed by atoms with van der Waals surface area (Å²) in [5.41, 5.74) is 5.79. The van der Waals surface area contributed by atoms with Crippen LogP contribution in [-0.2, 0) is 16.3 Å². The minimum atomic E-state index is -2.86. The molecule has 2 heterocycles. The highest BCUT2D eigenvalue weighted by Crippen LogP contribution is 2.21. The lowest BCUT2D eigenvalue weighted by molar-refractivity contribution is 0.573. The lowest BCUT2D eigenvalue weighted by atomic mass is 10.0. The second-order valence-corrected chi connectivity index (χ2v) is 6.35. The van der Waals surface area contributed by atoms with Gasteiger partial charge in [0.05, 0.1) is 17.2 Å². The Hall–Kier alpha value is -1.37. The molecule has 0 aliphatic carbocycles. The molecular weight excluding hydrogens is 230 g/mol. The highest BCUT2D eigenvalue weighted by Gasteiger charge is 2.28. The molecular formula is C9H13N3O3S. The lowest BCUT2D eigenvalue weighted by Gasteiger charge is -2.06. The first kappa shape index (κ1) is 11.1. The molecule has 7 heteroatoms. The topological polar surface area (TPSA) is 106 Å². The number of nitrogen functional groups attached to an aromatic ring is 1. The van der Waals surface area contributed by atoms with E-state index in [-0.39, 0.29) is 23.1 Å². The van der Waals surface area contributed by atoms with E-state index in [0.29, 0.717) is 18.5 Å². The number of H-pyrrole nitrogens is 1. The van der Waals surface area contributed by atoms with Gasteiger partial charge < -0.3 is 5.73 Å². The van der Waals surface area contributed by atoms with Gasteiger partial charge in [-0.3, -0.25) is 4.79 Å². The smallest absolute Gasteiger partial charge is 0.287 e. The number of nitrogens with zero attached hydrogens (tertiary/aromatic N) is 1. The van der Waals surface area contributed by atoms with E-state index in [2.05, 4.69) is 10.2 Å². The minimum absolute atomic E-state index is 0.0859. The Morgan fingerprint density at radius 1 is 1.56 bits per heavy atom. The number of aromatic nitrogens is 2. The summed E-state index contributed by atoms with van der Waals surface area (Å²) in [6.45, 7) is 0. The number of hydrogen-bond acceptors (Lipinski definition) is 5. The van der Waals surface area contributed by atoms with Crippen molar-refractivity contribution in [3.63, 3.8) is 0 Å². The first-order valence-electron chi connectivity index (χ1n) is 5.01. The van der Waals surface area contributed by atoms with Gasteiger partial charge >= 0.3 is 0 Å². The zero-order valence-electron chi connectivity index (χ0n) is 8.64. The molecule has 1 aliphatic heterocycles. The molecule has 0 saturated carbocycles. The molecule has 3 N–H and O–H groups in total. The third-order valence-corrected chi connectivity index (χ3v) is 4.55. The Labute approximate surface area is 92.8 Å². The van der Waals surface area contributed by atoms with Crippen LogP contribution in [-0.4, -0.2) is 30.1 Å². The van der Waals surface area contributed by atoms with Crippen molar-refractivity contribution in [3.8, 4) is 0 Å². The van der Waals surface area contributed by atoms with Crippen molar-refractivity contribution in [3.05, 3.63) is 22.1 Å². The fourth-order valence-electron chi connectivity index (χ4n) is 1.90. The Morgan fingerprint density at radius 2 is 2.31 bits per heavy atom. The van der Waals surface area contributed by atoms with Crippen LogP contribution >= 0.6 is 0 Å². The monoisotopic (exact) mass is 243 g/mol. The van der Waals surface area contributed by atoms with Crippen LogP contribution in [0.5, 0.6) is 0 Å². The normalized spacial score (nSPS) is 23.4. The van der Waals surface area contributed by atoms with Crippen molar-refractivity contribution in [1.82, 2.24) is 10.2 Å². The van der Waals surface area contributed by atoms with Crippen LogP contribution in [0.25, 0.3) is 0 Å². The van der Waals surface area contributed by atoms with Crippen molar-refractivity contribution < 1.29 is 8.42 Å². The van der Waals surface area contributed by atoms with Crippen LogP contribution < -0.4 is 11.3 Å². The van der Waals surface area contributed by atoms with E-state index >= 15 is 0 Å². The number of aromatic amines is 1. The molecule has 6 nitrogen and oxygen atoms in total. The summed E-state index contributed by atoms with van der Waals surface area (Å²) >= 11 is 0. The van der Waals surface area contributed by atoms with Gasteiger partial charge in [-0.05, 0) is 24.8 Å². The van der Waals surface area contributed by atoms with Crippen LogP contribution in [0.3, 0.4) is 0 Å². The molecule has 0 spiro atoms. The zero-order valence-corrected chi connectivity index (χ0v) is 9.46. The highest BCUT2D eigenvalue weighted by atomic mass is 32.2. The summed E-state index contributed by atoms with van der Waals surface area (Å²) in [6, 6.07) is 1.50. The molecule has 0 aromatic carbocycles. The van der Waals surface area contributed by atoms with E-state index in [1.165, 1.54) is 6.07 Å². The zero-order chi connectivity index (χ0) is 11.8. The molecule has 2 rings (SSSR count). The standard InChI is InChI=1S/C9H13N3O3S/c10-8-4-7(11-12-9(8)13)3-6-1-2-16(14,15)5-6/h4,6H,1-3,5H2,(H2,10,11)(H,12,13). The van der Waals surface area contributed by atoms with E-state index in [4.69, 9.17) is 5.73 Å². The Bertz CT molecular complexity index is 549. The minimum Gasteiger partial charge on any atom is -0.394 e. The van der Waals surface area contributed by atoms with Gasteiger partial charge in [0.25, 0.3) is 5.56 Å². The molecule has 0 bridgehead atoms. The van der Waals surface area contributed by atoms with E-state index in [0.717, 1.165) is 0 Å². The van der Waals surface area contributed by atoms with Crippen LogP contribution in [0.4, 0.5) is 5.69 Å². The fourth-order valence-corrected chi connectivity index (χ4v) is 3.76. The maximum atomic E-state index is 11.2.